The van der Waals surface area contributed by atoms with Crippen molar-refractivity contribution in [3.63, 3.8) is 0 Å². The fourth-order valence-electron chi connectivity index (χ4n) is 1.85. The van der Waals surface area contributed by atoms with Gasteiger partial charge in [-0.2, -0.15) is 14.0 Å². The number of nitrogens with zero attached hydrogens (tertiary/aromatic N) is 3. The van der Waals surface area contributed by atoms with Crippen molar-refractivity contribution in [1.82, 2.24) is 14.0 Å². The second kappa shape index (κ2) is 4.10. The molecule has 0 aliphatic heterocycles. The molecule has 4 nitrogen and oxygen atoms in total. The van der Waals surface area contributed by atoms with E-state index < -0.39 is 0 Å². The first kappa shape index (κ1) is 11.2. The number of hydrogen-bond donors (Lipinski definition) is 1. The van der Waals surface area contributed by atoms with Crippen LogP contribution in [0.4, 0.5) is 10.8 Å². The quantitative estimate of drug-likeness (QED) is 0.765. The Kier molecular flexibility index (Phi) is 2.56. The molecule has 0 radical (unpaired) electrons. The Balaban J connectivity index is 1.95. The van der Waals surface area contributed by atoms with Crippen molar-refractivity contribution in [3.8, 4) is 0 Å². The van der Waals surface area contributed by atoms with E-state index in [4.69, 9.17) is 0 Å². The van der Waals surface area contributed by atoms with E-state index in [0.717, 1.165) is 22.2 Å². The van der Waals surface area contributed by atoms with Gasteiger partial charge in [-0.1, -0.05) is 12.1 Å². The molecule has 92 valence electrons. The largest absolute Gasteiger partial charge is 0.330 e. The summed E-state index contributed by atoms with van der Waals surface area (Å²) in [4.78, 5) is 4.51. The molecule has 3 aromatic rings. The third-order valence-electron chi connectivity index (χ3n) is 2.81. The van der Waals surface area contributed by atoms with Crippen LogP contribution in [0.5, 0.6) is 0 Å². The highest BCUT2D eigenvalue weighted by molar-refractivity contribution is 7.10. The van der Waals surface area contributed by atoms with Crippen LogP contribution in [0, 0.1) is 20.8 Å². The van der Waals surface area contributed by atoms with E-state index in [1.54, 1.807) is 0 Å². The van der Waals surface area contributed by atoms with Crippen LogP contribution >= 0.6 is 11.5 Å². The van der Waals surface area contributed by atoms with E-state index in [9.17, 15) is 0 Å². The first-order chi connectivity index (χ1) is 8.61. The highest BCUT2D eigenvalue weighted by Gasteiger charge is 2.07. The number of anilines is 2. The molecule has 0 saturated heterocycles. The number of aryl methyl sites for hydroxylation is 3. The number of aromatic nitrogens is 3. The van der Waals surface area contributed by atoms with Gasteiger partial charge in [-0.15, -0.1) is 0 Å². The average Bonchev–Trinajstić information content (AvgIpc) is 2.80. The van der Waals surface area contributed by atoms with Crippen LogP contribution in [0.15, 0.2) is 24.3 Å². The molecule has 2 heterocycles. The predicted octanol–water partition coefficient (Wildman–Crippen LogP) is 3.46. The minimum Gasteiger partial charge on any atom is -0.330 e. The number of nitrogens with one attached hydrogen (secondary N) is 1. The van der Waals surface area contributed by atoms with Crippen molar-refractivity contribution < 1.29 is 0 Å². The monoisotopic (exact) mass is 258 g/mol. The number of benzene rings is 1. The molecule has 0 spiro atoms. The Morgan fingerprint density at radius 2 is 2.00 bits per heavy atom. The first-order valence-electron chi connectivity index (χ1n) is 5.80. The molecule has 0 atom stereocenters. The Bertz CT molecular complexity index is 679. The minimum atomic E-state index is 0.867. The van der Waals surface area contributed by atoms with E-state index in [2.05, 4.69) is 47.4 Å². The lowest BCUT2D eigenvalue weighted by atomic mass is 10.1. The molecule has 1 aromatic carbocycles. The molecule has 0 amide bonds. The molecule has 18 heavy (non-hydrogen) atoms. The summed E-state index contributed by atoms with van der Waals surface area (Å²) in [5, 5.41) is 8.57. The van der Waals surface area contributed by atoms with Crippen LogP contribution in [-0.2, 0) is 0 Å². The van der Waals surface area contributed by atoms with Crippen molar-refractivity contribution in [2.24, 2.45) is 0 Å². The first-order valence-corrected chi connectivity index (χ1v) is 6.57. The maximum atomic E-state index is 4.51. The average molecular weight is 258 g/mol. The fourth-order valence-corrected chi connectivity index (χ4v) is 2.66. The van der Waals surface area contributed by atoms with Crippen molar-refractivity contribution in [1.29, 1.82) is 0 Å². The molecular formula is C13H14N4S. The lowest BCUT2D eigenvalue weighted by Crippen LogP contribution is -1.92. The second-order valence-corrected chi connectivity index (χ2v) is 5.38. The highest BCUT2D eigenvalue weighted by Crippen LogP contribution is 2.24. The Morgan fingerprint density at radius 1 is 1.17 bits per heavy atom. The second-order valence-electron chi connectivity index (χ2n) is 4.47. The fraction of sp³-hybridized carbons (Fsp3) is 0.231. The number of hydrogen-bond acceptors (Lipinski definition) is 4. The van der Waals surface area contributed by atoms with Crippen molar-refractivity contribution in [3.05, 3.63) is 41.1 Å². The minimum absolute atomic E-state index is 0.867. The van der Waals surface area contributed by atoms with Crippen LogP contribution in [0.1, 0.15) is 16.8 Å². The molecule has 0 bridgehead atoms. The van der Waals surface area contributed by atoms with E-state index in [-0.39, 0.29) is 0 Å². The molecule has 1 N–H and O–H groups in total. The lowest BCUT2D eigenvalue weighted by Gasteiger charge is -2.06. The topological polar surface area (TPSA) is 42.2 Å². The van der Waals surface area contributed by atoms with Crippen molar-refractivity contribution in [2.45, 2.75) is 20.8 Å². The summed E-state index contributed by atoms with van der Waals surface area (Å²) in [6.07, 6.45) is 0. The van der Waals surface area contributed by atoms with Crippen molar-refractivity contribution in [2.75, 3.05) is 5.32 Å². The van der Waals surface area contributed by atoms with Gasteiger partial charge >= 0.3 is 0 Å². The van der Waals surface area contributed by atoms with Gasteiger partial charge in [0, 0.05) is 23.3 Å². The van der Waals surface area contributed by atoms with Crippen molar-refractivity contribution >= 4 is 28.0 Å². The molecule has 3 rings (SSSR count). The maximum Gasteiger partial charge on any atom is 0.207 e. The third kappa shape index (κ3) is 1.97. The van der Waals surface area contributed by atoms with E-state index >= 15 is 0 Å². The van der Waals surface area contributed by atoms with Gasteiger partial charge in [-0.05, 0) is 38.0 Å². The zero-order chi connectivity index (χ0) is 12.7. The normalized spacial score (nSPS) is 11.1. The molecule has 0 fully saturated rings. The predicted molar refractivity (Wildman–Crippen MR) is 74.8 cm³/mol. The van der Waals surface area contributed by atoms with Gasteiger partial charge in [-0.3, -0.25) is 0 Å². The Morgan fingerprint density at radius 3 is 2.78 bits per heavy atom. The summed E-state index contributed by atoms with van der Waals surface area (Å²) in [5.74, 6) is 0. The van der Waals surface area contributed by atoms with Gasteiger partial charge in [0.1, 0.15) is 0 Å². The van der Waals surface area contributed by atoms with Crippen LogP contribution in [0.3, 0.4) is 0 Å². The van der Waals surface area contributed by atoms with Crippen LogP contribution in [0.2, 0.25) is 0 Å². The summed E-state index contributed by atoms with van der Waals surface area (Å²) in [7, 11) is 0. The molecule has 5 heteroatoms. The summed E-state index contributed by atoms with van der Waals surface area (Å²) in [6, 6.07) is 8.33. The van der Waals surface area contributed by atoms with E-state index in [1.807, 2.05) is 16.9 Å². The standard InChI is InChI=1S/C13H14N4S/c1-8-4-5-9(2)11(6-8)14-13-15-12-7-10(3)16-17(12)18-13/h4-7H,1-3H3,(H,14,15). The summed E-state index contributed by atoms with van der Waals surface area (Å²) in [5.41, 5.74) is 5.44. The van der Waals surface area contributed by atoms with Gasteiger partial charge in [0.15, 0.2) is 5.65 Å². The smallest absolute Gasteiger partial charge is 0.207 e. The summed E-state index contributed by atoms with van der Waals surface area (Å²) >= 11 is 1.51. The van der Waals surface area contributed by atoms with Gasteiger partial charge in [-0.25, -0.2) is 0 Å². The summed E-state index contributed by atoms with van der Waals surface area (Å²) < 4.78 is 1.84. The molecule has 0 saturated carbocycles. The van der Waals surface area contributed by atoms with Gasteiger partial charge < -0.3 is 5.32 Å². The number of rotatable bonds is 2. The molecular weight excluding hydrogens is 244 g/mol. The Hall–Kier alpha value is -1.88. The zero-order valence-electron chi connectivity index (χ0n) is 10.6. The molecule has 0 aliphatic carbocycles. The van der Waals surface area contributed by atoms with Crippen LogP contribution in [-0.4, -0.2) is 14.0 Å². The van der Waals surface area contributed by atoms with Crippen LogP contribution < -0.4 is 5.32 Å². The van der Waals surface area contributed by atoms with E-state index in [0.29, 0.717) is 0 Å². The SMILES string of the molecule is Cc1ccc(C)c(Nc2nc3cc(C)nn3s2)c1. The zero-order valence-corrected chi connectivity index (χ0v) is 11.4. The van der Waals surface area contributed by atoms with E-state index in [1.165, 1.54) is 22.7 Å². The third-order valence-corrected chi connectivity index (χ3v) is 3.61. The lowest BCUT2D eigenvalue weighted by molar-refractivity contribution is 1.02. The number of fused-ring (bicyclic) bond motifs is 1. The van der Waals surface area contributed by atoms with Gasteiger partial charge in [0.2, 0.25) is 5.13 Å². The van der Waals surface area contributed by atoms with Gasteiger partial charge in [0.25, 0.3) is 0 Å². The Labute approximate surface area is 109 Å². The highest BCUT2D eigenvalue weighted by atomic mass is 32.1. The molecule has 0 aliphatic rings. The summed E-state index contributed by atoms with van der Waals surface area (Å²) in [6.45, 7) is 6.15. The van der Waals surface area contributed by atoms with Gasteiger partial charge in [0.05, 0.1) is 5.69 Å². The maximum absolute atomic E-state index is 4.51. The van der Waals surface area contributed by atoms with Crippen LogP contribution in [0.25, 0.3) is 5.65 Å². The molecule has 2 aromatic heterocycles. The molecule has 0 unspecified atom stereocenters.